The molecule has 0 radical (unpaired) electrons. The molecular formula is C16H19NO. The van der Waals surface area contributed by atoms with E-state index in [0.29, 0.717) is 0 Å². The molecule has 0 aromatic rings. The first-order chi connectivity index (χ1) is 8.83. The first-order valence-electron chi connectivity index (χ1n) is 7.26. The number of carbonyl (C=O) groups excluding carboxylic acids is 1. The summed E-state index contributed by atoms with van der Waals surface area (Å²) < 4.78 is 0. The number of allylic oxidation sites excluding steroid dienone is 5. The quantitative estimate of drug-likeness (QED) is 0.650. The van der Waals surface area contributed by atoms with Crippen molar-refractivity contribution in [3.8, 4) is 0 Å². The van der Waals surface area contributed by atoms with E-state index in [-0.39, 0.29) is 5.78 Å². The lowest BCUT2D eigenvalue weighted by Crippen LogP contribution is -2.44. The second-order valence-corrected chi connectivity index (χ2v) is 6.01. The molecule has 0 spiro atoms. The Morgan fingerprint density at radius 3 is 3.00 bits per heavy atom. The molecule has 2 aliphatic heterocycles. The Morgan fingerprint density at radius 2 is 2.06 bits per heavy atom. The number of fused-ring (bicyclic) bond motifs is 4. The molecule has 2 nitrogen and oxygen atoms in total. The third-order valence-electron chi connectivity index (χ3n) is 5.13. The first-order valence-corrected chi connectivity index (χ1v) is 7.26. The van der Waals surface area contributed by atoms with Crippen LogP contribution in [-0.2, 0) is 4.79 Å². The summed E-state index contributed by atoms with van der Waals surface area (Å²) in [6.45, 7) is 1.13. The molecule has 2 aliphatic carbocycles. The Hall–Kier alpha value is -1.31. The number of nitrogens with zero attached hydrogens (tertiary/aromatic N) is 1. The Bertz CT molecular complexity index is 497. The van der Waals surface area contributed by atoms with Gasteiger partial charge in [-0.2, -0.15) is 0 Å². The van der Waals surface area contributed by atoms with E-state index in [2.05, 4.69) is 11.0 Å². The van der Waals surface area contributed by atoms with Crippen LogP contribution in [0.4, 0.5) is 0 Å². The summed E-state index contributed by atoms with van der Waals surface area (Å²) in [5.74, 6) is 1.10. The minimum atomic E-state index is 0.164. The van der Waals surface area contributed by atoms with Gasteiger partial charge in [0, 0.05) is 18.3 Å². The van der Waals surface area contributed by atoms with Gasteiger partial charge in [-0.05, 0) is 67.4 Å². The van der Waals surface area contributed by atoms with Crippen LogP contribution in [0.1, 0.15) is 38.5 Å². The fourth-order valence-corrected chi connectivity index (χ4v) is 4.32. The van der Waals surface area contributed by atoms with E-state index in [9.17, 15) is 4.79 Å². The number of hydrogen-bond donors (Lipinski definition) is 0. The Morgan fingerprint density at radius 1 is 1.11 bits per heavy atom. The van der Waals surface area contributed by atoms with Crippen molar-refractivity contribution < 1.29 is 4.79 Å². The highest BCUT2D eigenvalue weighted by atomic mass is 16.1. The molecule has 0 bridgehead atoms. The smallest absolute Gasteiger partial charge is 0.178 e. The zero-order valence-corrected chi connectivity index (χ0v) is 10.7. The van der Waals surface area contributed by atoms with E-state index in [4.69, 9.17) is 0 Å². The maximum absolute atomic E-state index is 11.5. The fourth-order valence-electron chi connectivity index (χ4n) is 4.32. The topological polar surface area (TPSA) is 20.3 Å². The van der Waals surface area contributed by atoms with Crippen LogP contribution in [0.3, 0.4) is 0 Å². The molecule has 1 saturated carbocycles. The molecule has 94 valence electrons. The molecule has 0 amide bonds. The van der Waals surface area contributed by atoms with Gasteiger partial charge in [0.2, 0.25) is 0 Å². The van der Waals surface area contributed by atoms with E-state index in [1.165, 1.54) is 48.9 Å². The Balaban J connectivity index is 1.76. The van der Waals surface area contributed by atoms with Crippen molar-refractivity contribution in [2.24, 2.45) is 5.92 Å². The third kappa shape index (κ3) is 1.44. The molecular weight excluding hydrogens is 222 g/mol. The van der Waals surface area contributed by atoms with Gasteiger partial charge in [-0.1, -0.05) is 6.42 Å². The van der Waals surface area contributed by atoms with E-state index >= 15 is 0 Å². The summed E-state index contributed by atoms with van der Waals surface area (Å²) in [7, 11) is 0. The van der Waals surface area contributed by atoms with E-state index in [1.54, 1.807) is 6.08 Å². The van der Waals surface area contributed by atoms with Crippen molar-refractivity contribution in [3.05, 3.63) is 35.1 Å². The average molecular weight is 241 g/mol. The van der Waals surface area contributed by atoms with Gasteiger partial charge >= 0.3 is 0 Å². The lowest BCUT2D eigenvalue weighted by atomic mass is 9.82. The summed E-state index contributed by atoms with van der Waals surface area (Å²) in [5.41, 5.74) is 4.18. The van der Waals surface area contributed by atoms with Gasteiger partial charge in [-0.3, -0.25) is 4.79 Å². The molecule has 0 aromatic carbocycles. The first kappa shape index (κ1) is 10.6. The van der Waals surface area contributed by atoms with Crippen molar-refractivity contribution >= 4 is 5.78 Å². The SMILES string of the molecule is O=C1C=CC2=C3CC[C@H]4CCC[C@@H]4N3CCC2=C1. The van der Waals surface area contributed by atoms with E-state index < -0.39 is 0 Å². The predicted octanol–water partition coefficient (Wildman–Crippen LogP) is 2.97. The summed E-state index contributed by atoms with van der Waals surface area (Å²) in [5, 5.41) is 0. The predicted molar refractivity (Wildman–Crippen MR) is 70.9 cm³/mol. The zero-order chi connectivity index (χ0) is 12.1. The molecule has 0 aromatic heterocycles. The van der Waals surface area contributed by atoms with E-state index in [0.717, 1.165) is 24.9 Å². The standard InChI is InChI=1S/C16H19NO/c18-13-5-6-14-12(10-13)8-9-17-15-3-1-2-11(15)4-7-16(14)17/h5-6,10-11,15H,1-4,7-9H2/t11-,15+/m1/s1. The van der Waals surface area contributed by atoms with Crippen LogP contribution in [0.25, 0.3) is 0 Å². The number of carbonyl (C=O) groups is 1. The van der Waals surface area contributed by atoms with Gasteiger partial charge in [-0.15, -0.1) is 0 Å². The molecule has 2 heterocycles. The summed E-state index contributed by atoms with van der Waals surface area (Å²) in [6.07, 6.45) is 13.5. The van der Waals surface area contributed by atoms with Gasteiger partial charge in [-0.25, -0.2) is 0 Å². The normalized spacial score (nSPS) is 34.1. The van der Waals surface area contributed by atoms with Crippen LogP contribution >= 0.6 is 0 Å². The summed E-state index contributed by atoms with van der Waals surface area (Å²) in [4.78, 5) is 14.1. The molecule has 0 N–H and O–H groups in total. The molecule has 4 rings (SSSR count). The lowest BCUT2D eigenvalue weighted by Gasteiger charge is -2.45. The van der Waals surface area contributed by atoms with Gasteiger partial charge in [0.05, 0.1) is 0 Å². The largest absolute Gasteiger partial charge is 0.371 e. The van der Waals surface area contributed by atoms with Crippen molar-refractivity contribution in [2.75, 3.05) is 6.54 Å². The molecule has 2 heteroatoms. The monoisotopic (exact) mass is 241 g/mol. The zero-order valence-electron chi connectivity index (χ0n) is 10.7. The summed E-state index contributed by atoms with van der Waals surface area (Å²) >= 11 is 0. The van der Waals surface area contributed by atoms with Gasteiger partial charge in [0.25, 0.3) is 0 Å². The highest BCUT2D eigenvalue weighted by Crippen LogP contribution is 2.45. The highest BCUT2D eigenvalue weighted by Gasteiger charge is 2.39. The molecule has 2 atom stereocenters. The van der Waals surface area contributed by atoms with Crippen molar-refractivity contribution in [1.29, 1.82) is 0 Å². The molecule has 4 aliphatic rings. The number of piperidine rings is 1. The Kier molecular flexibility index (Phi) is 2.26. The van der Waals surface area contributed by atoms with Crippen LogP contribution in [0.15, 0.2) is 35.1 Å². The second-order valence-electron chi connectivity index (χ2n) is 6.01. The van der Waals surface area contributed by atoms with Crippen LogP contribution < -0.4 is 0 Å². The van der Waals surface area contributed by atoms with Crippen molar-refractivity contribution in [3.63, 3.8) is 0 Å². The highest BCUT2D eigenvalue weighted by molar-refractivity contribution is 6.02. The Labute approximate surface area is 108 Å². The van der Waals surface area contributed by atoms with Crippen molar-refractivity contribution in [1.82, 2.24) is 4.90 Å². The number of hydrogen-bond acceptors (Lipinski definition) is 2. The number of rotatable bonds is 0. The lowest BCUT2D eigenvalue weighted by molar-refractivity contribution is -0.110. The molecule has 0 unspecified atom stereocenters. The van der Waals surface area contributed by atoms with Gasteiger partial charge < -0.3 is 4.90 Å². The minimum absolute atomic E-state index is 0.164. The van der Waals surface area contributed by atoms with Crippen LogP contribution in [0.5, 0.6) is 0 Å². The van der Waals surface area contributed by atoms with Crippen LogP contribution in [0.2, 0.25) is 0 Å². The minimum Gasteiger partial charge on any atom is -0.371 e. The second kappa shape index (κ2) is 3.84. The molecule has 2 fully saturated rings. The maximum atomic E-state index is 11.5. The fraction of sp³-hybridized carbons (Fsp3) is 0.562. The van der Waals surface area contributed by atoms with Gasteiger partial charge in [0.15, 0.2) is 5.78 Å². The van der Waals surface area contributed by atoms with Crippen LogP contribution in [-0.4, -0.2) is 23.3 Å². The molecule has 18 heavy (non-hydrogen) atoms. The maximum Gasteiger partial charge on any atom is 0.178 e. The molecule has 1 saturated heterocycles. The summed E-state index contributed by atoms with van der Waals surface area (Å²) in [6, 6.07) is 0.800. The van der Waals surface area contributed by atoms with Crippen LogP contribution in [0, 0.1) is 5.92 Å². The third-order valence-corrected chi connectivity index (χ3v) is 5.13. The van der Waals surface area contributed by atoms with E-state index in [1.807, 2.05) is 6.08 Å². The average Bonchev–Trinajstić information content (AvgIpc) is 2.86. The number of ketones is 1. The van der Waals surface area contributed by atoms with Gasteiger partial charge in [0.1, 0.15) is 0 Å². The van der Waals surface area contributed by atoms with Crippen molar-refractivity contribution in [2.45, 2.75) is 44.6 Å².